The Morgan fingerprint density at radius 2 is 2.00 bits per heavy atom. The molecule has 3 heterocycles. The zero-order valence-electron chi connectivity index (χ0n) is 15.4. The van der Waals surface area contributed by atoms with E-state index in [-0.39, 0.29) is 5.91 Å². The van der Waals surface area contributed by atoms with Crippen LogP contribution in [-0.2, 0) is 0 Å². The molecule has 1 aliphatic carbocycles. The Kier molecular flexibility index (Phi) is 3.55. The normalized spacial score (nSPS) is 18.9. The highest BCUT2D eigenvalue weighted by Gasteiger charge is 2.42. The van der Waals surface area contributed by atoms with Crippen LogP contribution in [-0.4, -0.2) is 44.5 Å². The van der Waals surface area contributed by atoms with Crippen molar-refractivity contribution in [3.05, 3.63) is 58.5 Å². The van der Waals surface area contributed by atoms with Gasteiger partial charge in [-0.15, -0.1) is 16.4 Å². The molecule has 4 aromatic rings. The Bertz CT molecular complexity index is 1180. The molecule has 1 aromatic carbocycles. The van der Waals surface area contributed by atoms with Gasteiger partial charge in [-0.1, -0.05) is 30.3 Å². The second-order valence-corrected chi connectivity index (χ2v) is 8.28. The fourth-order valence-corrected chi connectivity index (χ4v) is 4.83. The molecule has 0 saturated heterocycles. The second kappa shape index (κ2) is 5.85. The van der Waals surface area contributed by atoms with Gasteiger partial charge in [0.15, 0.2) is 11.5 Å². The number of benzene rings is 1. The zero-order valence-corrected chi connectivity index (χ0v) is 16.2. The van der Waals surface area contributed by atoms with Gasteiger partial charge in [-0.3, -0.25) is 4.79 Å². The van der Waals surface area contributed by atoms with Crippen LogP contribution in [0.3, 0.4) is 0 Å². The van der Waals surface area contributed by atoms with E-state index in [1.807, 2.05) is 13.0 Å². The Hall–Kier alpha value is -2.80. The highest BCUT2D eigenvalue weighted by Crippen LogP contribution is 2.53. The van der Waals surface area contributed by atoms with Crippen molar-refractivity contribution < 1.29 is 4.79 Å². The quantitative estimate of drug-likeness (QED) is 0.547. The molecule has 1 fully saturated rings. The van der Waals surface area contributed by atoms with Crippen molar-refractivity contribution >= 4 is 33.1 Å². The summed E-state index contributed by atoms with van der Waals surface area (Å²) in [7, 11) is 3.53. The summed E-state index contributed by atoms with van der Waals surface area (Å²) in [5.41, 5.74) is 3.07. The van der Waals surface area contributed by atoms with Crippen molar-refractivity contribution in [1.82, 2.24) is 24.5 Å². The smallest absolute Gasteiger partial charge is 0.263 e. The monoisotopic (exact) mass is 377 g/mol. The molecule has 3 aromatic heterocycles. The number of aryl methyl sites for hydroxylation is 1. The number of rotatable bonds is 3. The van der Waals surface area contributed by atoms with Gasteiger partial charge in [0, 0.05) is 20.0 Å². The second-order valence-electron chi connectivity index (χ2n) is 7.28. The number of amides is 1. The van der Waals surface area contributed by atoms with Crippen molar-refractivity contribution in [3.8, 4) is 0 Å². The molecule has 0 unspecified atom stereocenters. The molecule has 0 N–H and O–H groups in total. The molecule has 2 atom stereocenters. The summed E-state index contributed by atoms with van der Waals surface area (Å²) in [6.45, 7) is 1.97. The van der Waals surface area contributed by atoms with Gasteiger partial charge in [-0.2, -0.15) is 0 Å². The minimum Gasteiger partial charge on any atom is -0.344 e. The van der Waals surface area contributed by atoms with E-state index in [2.05, 4.69) is 34.3 Å². The predicted octanol–water partition coefficient (Wildman–Crippen LogP) is 3.62. The molecular formula is C20H19N5OS. The molecule has 6 nitrogen and oxygen atoms in total. The molecule has 0 spiro atoms. The summed E-state index contributed by atoms with van der Waals surface area (Å²) < 4.78 is 1.75. The number of thiophene rings is 1. The molecule has 7 heteroatoms. The third kappa shape index (κ3) is 2.53. The van der Waals surface area contributed by atoms with Crippen LogP contribution < -0.4 is 0 Å². The van der Waals surface area contributed by atoms with Crippen LogP contribution in [0.25, 0.3) is 15.9 Å². The average molecular weight is 377 g/mol. The number of aromatic nitrogens is 4. The topological polar surface area (TPSA) is 63.4 Å². The van der Waals surface area contributed by atoms with Crippen LogP contribution in [0.2, 0.25) is 0 Å². The van der Waals surface area contributed by atoms with E-state index in [0.29, 0.717) is 16.7 Å². The van der Waals surface area contributed by atoms with Gasteiger partial charge in [0.2, 0.25) is 0 Å². The highest BCUT2D eigenvalue weighted by molar-refractivity contribution is 7.20. The molecular weight excluding hydrogens is 358 g/mol. The molecule has 5 rings (SSSR count). The number of hydrogen-bond donors (Lipinski definition) is 0. The summed E-state index contributed by atoms with van der Waals surface area (Å²) in [4.78, 5) is 25.0. The Balaban J connectivity index is 1.58. The van der Waals surface area contributed by atoms with Crippen LogP contribution in [0.15, 0.2) is 36.7 Å². The van der Waals surface area contributed by atoms with Crippen LogP contribution in [0, 0.1) is 6.92 Å². The highest BCUT2D eigenvalue weighted by atomic mass is 32.1. The lowest BCUT2D eigenvalue weighted by atomic mass is 10.1. The van der Waals surface area contributed by atoms with Gasteiger partial charge < -0.3 is 4.90 Å². The minimum absolute atomic E-state index is 0.000256. The van der Waals surface area contributed by atoms with Crippen molar-refractivity contribution in [2.75, 3.05) is 14.1 Å². The van der Waals surface area contributed by atoms with Gasteiger partial charge in [0.05, 0.1) is 10.3 Å². The molecule has 0 bridgehead atoms. The van der Waals surface area contributed by atoms with Crippen LogP contribution in [0.5, 0.6) is 0 Å². The molecule has 1 saturated carbocycles. The lowest BCUT2D eigenvalue weighted by Gasteiger charge is -2.08. The third-order valence-electron chi connectivity index (χ3n) is 5.23. The molecule has 1 aliphatic rings. The van der Waals surface area contributed by atoms with Crippen LogP contribution >= 0.6 is 11.3 Å². The maximum atomic E-state index is 12.5. The lowest BCUT2D eigenvalue weighted by Crippen LogP contribution is -2.21. The maximum absolute atomic E-state index is 12.5. The largest absolute Gasteiger partial charge is 0.344 e. The SMILES string of the molecule is Cc1c(C(=O)N(C)C)sc2ncn3nc([C@@H]4C[C@@H]4c4ccccc4)nc3c12. The van der Waals surface area contributed by atoms with Crippen LogP contribution in [0.4, 0.5) is 0 Å². The lowest BCUT2D eigenvalue weighted by molar-refractivity contribution is 0.0831. The van der Waals surface area contributed by atoms with Gasteiger partial charge in [0.25, 0.3) is 5.91 Å². The van der Waals surface area contributed by atoms with Gasteiger partial charge in [-0.25, -0.2) is 14.5 Å². The first kappa shape index (κ1) is 16.4. The fourth-order valence-electron chi connectivity index (χ4n) is 3.66. The summed E-state index contributed by atoms with van der Waals surface area (Å²) in [6.07, 6.45) is 2.78. The van der Waals surface area contributed by atoms with E-state index in [1.54, 1.807) is 29.8 Å². The van der Waals surface area contributed by atoms with Crippen molar-refractivity contribution in [2.24, 2.45) is 0 Å². The Morgan fingerprint density at radius 3 is 2.74 bits per heavy atom. The summed E-state index contributed by atoms with van der Waals surface area (Å²) >= 11 is 1.42. The minimum atomic E-state index is -0.000256. The van der Waals surface area contributed by atoms with E-state index in [9.17, 15) is 4.79 Å². The summed E-state index contributed by atoms with van der Waals surface area (Å²) in [5.74, 6) is 1.70. The number of carbonyl (C=O) groups excluding carboxylic acids is 1. The van der Waals surface area contributed by atoms with Gasteiger partial charge >= 0.3 is 0 Å². The van der Waals surface area contributed by atoms with E-state index in [0.717, 1.165) is 33.7 Å². The van der Waals surface area contributed by atoms with E-state index in [4.69, 9.17) is 4.98 Å². The van der Waals surface area contributed by atoms with Crippen molar-refractivity contribution in [2.45, 2.75) is 25.2 Å². The van der Waals surface area contributed by atoms with E-state index >= 15 is 0 Å². The number of hydrogen-bond acceptors (Lipinski definition) is 5. The number of carbonyl (C=O) groups is 1. The maximum Gasteiger partial charge on any atom is 0.263 e. The first-order valence-corrected chi connectivity index (χ1v) is 9.77. The van der Waals surface area contributed by atoms with Crippen LogP contribution in [0.1, 0.15) is 44.9 Å². The van der Waals surface area contributed by atoms with E-state index < -0.39 is 0 Å². The van der Waals surface area contributed by atoms with E-state index in [1.165, 1.54) is 16.9 Å². The fraction of sp³-hybridized carbons (Fsp3) is 0.300. The molecule has 136 valence electrons. The Morgan fingerprint density at radius 1 is 1.22 bits per heavy atom. The van der Waals surface area contributed by atoms with Gasteiger partial charge in [0.1, 0.15) is 11.2 Å². The molecule has 1 amide bonds. The van der Waals surface area contributed by atoms with Gasteiger partial charge in [-0.05, 0) is 30.4 Å². The predicted molar refractivity (Wildman–Crippen MR) is 105 cm³/mol. The Labute approximate surface area is 160 Å². The average Bonchev–Trinajstić information content (AvgIpc) is 3.25. The standard InChI is InChI=1S/C20H19N5OS/c1-11-15-18-22-17(14-9-13(14)12-7-5-4-6-8-12)23-25(18)10-21-19(15)27-16(11)20(26)24(2)3/h4-8,10,13-14H,9H2,1-3H3/t13-,14-/m1/s1. The molecule has 0 aliphatic heterocycles. The summed E-state index contributed by atoms with van der Waals surface area (Å²) in [6, 6.07) is 10.5. The van der Waals surface area contributed by atoms with Crippen molar-refractivity contribution in [1.29, 1.82) is 0 Å². The number of fused-ring (bicyclic) bond motifs is 3. The third-order valence-corrected chi connectivity index (χ3v) is 6.42. The zero-order chi connectivity index (χ0) is 18.7. The first-order chi connectivity index (χ1) is 13.0. The number of nitrogens with zero attached hydrogens (tertiary/aromatic N) is 5. The van der Waals surface area contributed by atoms with Crippen molar-refractivity contribution in [3.63, 3.8) is 0 Å². The summed E-state index contributed by atoms with van der Waals surface area (Å²) in [5, 5.41) is 5.62. The molecule has 0 radical (unpaired) electrons. The molecule has 27 heavy (non-hydrogen) atoms. The first-order valence-electron chi connectivity index (χ1n) is 8.95.